The SMILES string of the molecule is CCOC(=O)CON(Cc1ccccc1)SN(C)C(=O)CN=C(C)SC. The van der Waals surface area contributed by atoms with Crippen LogP contribution in [0.25, 0.3) is 0 Å². The number of aliphatic imine (C=N–C) groups is 1. The zero-order valence-electron chi connectivity index (χ0n) is 15.5. The largest absolute Gasteiger partial charge is 0.464 e. The van der Waals surface area contributed by atoms with Gasteiger partial charge in [-0.05, 0) is 25.7 Å². The zero-order valence-corrected chi connectivity index (χ0v) is 17.1. The van der Waals surface area contributed by atoms with Crippen LogP contribution in [0.3, 0.4) is 0 Å². The number of esters is 1. The third-order valence-electron chi connectivity index (χ3n) is 3.08. The Morgan fingerprint density at radius 1 is 1.23 bits per heavy atom. The van der Waals surface area contributed by atoms with E-state index in [0.29, 0.717) is 13.2 Å². The van der Waals surface area contributed by atoms with Crippen molar-refractivity contribution in [2.24, 2.45) is 4.99 Å². The van der Waals surface area contributed by atoms with E-state index in [1.54, 1.807) is 14.0 Å². The van der Waals surface area contributed by atoms with E-state index in [9.17, 15) is 9.59 Å². The van der Waals surface area contributed by atoms with Crippen molar-refractivity contribution in [1.82, 2.24) is 8.77 Å². The van der Waals surface area contributed by atoms with Gasteiger partial charge in [0, 0.05) is 7.05 Å². The van der Waals surface area contributed by atoms with E-state index in [4.69, 9.17) is 9.57 Å². The highest BCUT2D eigenvalue weighted by atomic mass is 32.2. The van der Waals surface area contributed by atoms with Crippen molar-refractivity contribution in [1.29, 1.82) is 0 Å². The second kappa shape index (κ2) is 12.7. The maximum absolute atomic E-state index is 12.2. The smallest absolute Gasteiger partial charge is 0.334 e. The summed E-state index contributed by atoms with van der Waals surface area (Å²) in [4.78, 5) is 33.5. The lowest BCUT2D eigenvalue weighted by Crippen LogP contribution is -2.30. The molecule has 1 amide bonds. The predicted molar refractivity (Wildman–Crippen MR) is 106 cm³/mol. The monoisotopic (exact) mass is 399 g/mol. The van der Waals surface area contributed by atoms with Crippen molar-refractivity contribution in [3.8, 4) is 0 Å². The molecular weight excluding hydrogens is 374 g/mol. The van der Waals surface area contributed by atoms with Crippen molar-refractivity contribution in [2.75, 3.05) is 33.1 Å². The molecule has 0 heterocycles. The number of carbonyl (C=O) groups excluding carboxylic acids is 2. The summed E-state index contributed by atoms with van der Waals surface area (Å²) in [6.45, 7) is 4.12. The number of likely N-dealkylation sites (N-methyl/N-ethyl adjacent to an activating group) is 1. The first-order valence-corrected chi connectivity index (χ1v) is 10.0. The molecule has 0 atom stereocenters. The van der Waals surface area contributed by atoms with Crippen LogP contribution in [0, 0.1) is 0 Å². The highest BCUT2D eigenvalue weighted by molar-refractivity contribution is 8.13. The van der Waals surface area contributed by atoms with Crippen molar-refractivity contribution < 1.29 is 19.2 Å². The first kappa shape index (κ1) is 22.5. The third kappa shape index (κ3) is 9.23. The van der Waals surface area contributed by atoms with Gasteiger partial charge >= 0.3 is 5.97 Å². The Balaban J connectivity index is 2.67. The molecule has 0 aliphatic rings. The number of hydroxylamine groups is 1. The van der Waals surface area contributed by atoms with Crippen molar-refractivity contribution in [3.05, 3.63) is 35.9 Å². The molecule has 144 valence electrons. The molecule has 0 saturated carbocycles. The summed E-state index contributed by atoms with van der Waals surface area (Å²) in [5.74, 6) is -0.624. The molecule has 0 fully saturated rings. The molecule has 0 N–H and O–H groups in total. The van der Waals surface area contributed by atoms with E-state index in [2.05, 4.69) is 4.99 Å². The molecule has 1 rings (SSSR count). The molecule has 0 radical (unpaired) electrons. The number of hydrogen-bond acceptors (Lipinski definition) is 8. The number of benzene rings is 1. The molecule has 1 aromatic carbocycles. The Morgan fingerprint density at radius 3 is 2.54 bits per heavy atom. The van der Waals surface area contributed by atoms with Gasteiger partial charge in [-0.1, -0.05) is 30.3 Å². The highest BCUT2D eigenvalue weighted by Crippen LogP contribution is 2.19. The summed E-state index contributed by atoms with van der Waals surface area (Å²) in [5, 5.41) is 0.844. The van der Waals surface area contributed by atoms with E-state index in [-0.39, 0.29) is 19.1 Å². The first-order valence-electron chi connectivity index (χ1n) is 8.06. The van der Waals surface area contributed by atoms with Crippen molar-refractivity contribution in [2.45, 2.75) is 20.4 Å². The fraction of sp³-hybridized carbons (Fsp3) is 0.471. The zero-order chi connectivity index (χ0) is 19.4. The van der Waals surface area contributed by atoms with E-state index >= 15 is 0 Å². The number of thioether (sulfide) groups is 1. The fourth-order valence-electron chi connectivity index (χ4n) is 1.68. The summed E-state index contributed by atoms with van der Waals surface area (Å²) in [6.07, 6.45) is 1.91. The van der Waals surface area contributed by atoms with Gasteiger partial charge in [0.05, 0.1) is 30.3 Å². The lowest BCUT2D eigenvalue weighted by atomic mass is 10.2. The summed E-state index contributed by atoms with van der Waals surface area (Å²) in [6, 6.07) is 9.63. The lowest BCUT2D eigenvalue weighted by molar-refractivity contribution is -0.162. The normalized spacial score (nSPS) is 11.5. The summed E-state index contributed by atoms with van der Waals surface area (Å²) >= 11 is 2.57. The highest BCUT2D eigenvalue weighted by Gasteiger charge is 2.17. The Hall–Kier alpha value is -1.55. The Bertz CT molecular complexity index is 599. The van der Waals surface area contributed by atoms with Gasteiger partial charge in [0.2, 0.25) is 0 Å². The van der Waals surface area contributed by atoms with Gasteiger partial charge in [-0.15, -0.1) is 16.2 Å². The molecule has 0 aliphatic carbocycles. The van der Waals surface area contributed by atoms with Crippen molar-refractivity contribution in [3.63, 3.8) is 0 Å². The van der Waals surface area contributed by atoms with Crippen LogP contribution in [0.1, 0.15) is 19.4 Å². The van der Waals surface area contributed by atoms with Crippen LogP contribution in [0.4, 0.5) is 0 Å². The number of rotatable bonds is 10. The Kier molecular flexibility index (Phi) is 11.0. The van der Waals surface area contributed by atoms with Crippen LogP contribution in [0.2, 0.25) is 0 Å². The van der Waals surface area contributed by atoms with Crippen LogP contribution in [0.5, 0.6) is 0 Å². The average molecular weight is 400 g/mol. The Labute approximate surface area is 163 Å². The van der Waals surface area contributed by atoms with Gasteiger partial charge in [-0.2, -0.15) is 0 Å². The number of hydrogen-bond donors (Lipinski definition) is 0. The minimum absolute atomic E-state index is 0.0627. The number of nitrogens with zero attached hydrogens (tertiary/aromatic N) is 3. The molecule has 7 nitrogen and oxygen atoms in total. The maximum atomic E-state index is 12.2. The lowest BCUT2D eigenvalue weighted by Gasteiger charge is -2.24. The third-order valence-corrected chi connectivity index (χ3v) is 4.67. The number of amides is 1. The van der Waals surface area contributed by atoms with Gasteiger partial charge in [0.1, 0.15) is 6.54 Å². The van der Waals surface area contributed by atoms with Crippen LogP contribution < -0.4 is 0 Å². The molecule has 0 spiro atoms. The fourth-order valence-corrected chi connectivity index (χ4v) is 2.61. The molecule has 1 aromatic rings. The summed E-state index contributed by atoms with van der Waals surface area (Å²) in [7, 11) is 1.64. The van der Waals surface area contributed by atoms with E-state index in [1.807, 2.05) is 43.5 Å². The van der Waals surface area contributed by atoms with Crippen LogP contribution >= 0.6 is 23.9 Å². The average Bonchev–Trinajstić information content (AvgIpc) is 2.64. The predicted octanol–water partition coefficient (Wildman–Crippen LogP) is 2.79. The molecule has 0 aliphatic heterocycles. The standard InChI is InChI=1S/C17H25N3O4S2/c1-5-23-17(22)13-24-20(12-15-9-7-6-8-10-15)26-19(3)16(21)11-18-14(2)25-4/h6-10H,5,11-13H2,1-4H3. The molecule has 0 saturated heterocycles. The maximum Gasteiger partial charge on any atom is 0.334 e. The number of ether oxygens (including phenoxy) is 1. The van der Waals surface area contributed by atoms with Crippen molar-refractivity contribution >= 4 is 40.8 Å². The van der Waals surface area contributed by atoms with Gasteiger partial charge < -0.3 is 4.74 Å². The van der Waals surface area contributed by atoms with E-state index in [0.717, 1.165) is 22.7 Å². The quantitative estimate of drug-likeness (QED) is 0.197. The number of carbonyl (C=O) groups is 2. The topological polar surface area (TPSA) is 71.4 Å². The van der Waals surface area contributed by atoms with Gasteiger partial charge in [-0.25, -0.2) is 4.79 Å². The van der Waals surface area contributed by atoms with Crippen LogP contribution in [-0.2, 0) is 25.7 Å². The molecule has 0 bridgehead atoms. The van der Waals surface area contributed by atoms with E-state index in [1.165, 1.54) is 20.5 Å². The van der Waals surface area contributed by atoms with Gasteiger partial charge in [-0.3, -0.25) is 18.9 Å². The molecule has 0 unspecified atom stereocenters. The summed E-state index contributed by atoms with van der Waals surface area (Å²) < 4.78 is 7.79. The minimum Gasteiger partial charge on any atom is -0.464 e. The second-order valence-corrected chi connectivity index (χ2v) is 7.18. The molecular formula is C17H25N3O4S2. The molecule has 0 aromatic heterocycles. The van der Waals surface area contributed by atoms with Gasteiger partial charge in [0.25, 0.3) is 5.91 Å². The van der Waals surface area contributed by atoms with Crippen LogP contribution in [-0.4, -0.2) is 58.8 Å². The van der Waals surface area contributed by atoms with Gasteiger partial charge in [0.15, 0.2) is 6.61 Å². The van der Waals surface area contributed by atoms with Crippen LogP contribution in [0.15, 0.2) is 35.3 Å². The molecule has 9 heteroatoms. The Morgan fingerprint density at radius 2 is 1.92 bits per heavy atom. The summed E-state index contributed by atoms with van der Waals surface area (Å²) in [5.41, 5.74) is 0.987. The second-order valence-electron chi connectivity index (χ2n) is 5.07. The minimum atomic E-state index is -0.458. The first-order chi connectivity index (χ1) is 12.5. The van der Waals surface area contributed by atoms with E-state index < -0.39 is 5.97 Å². The molecule has 26 heavy (non-hydrogen) atoms.